The molecule has 0 atom stereocenters. The first-order valence-electron chi connectivity index (χ1n) is 3.86. The molecule has 0 aliphatic carbocycles. The van der Waals surface area contributed by atoms with E-state index in [-0.39, 0.29) is 0 Å². The standard InChI is InChI=1S/C10H12Cl/c1-2-3-6-9-7-4-5-8-10(9)11/h2,4-5,7-8H,3,6H2,1H3. The highest BCUT2D eigenvalue weighted by molar-refractivity contribution is 6.31. The Morgan fingerprint density at radius 3 is 2.73 bits per heavy atom. The second-order valence-electron chi connectivity index (χ2n) is 2.54. The van der Waals surface area contributed by atoms with Crippen molar-refractivity contribution in [2.45, 2.75) is 19.8 Å². The average Bonchev–Trinajstić information content (AvgIpc) is 2.03. The number of aryl methyl sites for hydroxylation is 1. The zero-order valence-electron chi connectivity index (χ0n) is 6.68. The summed E-state index contributed by atoms with van der Waals surface area (Å²) in [5, 5.41) is 0.884. The molecule has 0 saturated carbocycles. The van der Waals surface area contributed by atoms with Gasteiger partial charge in [-0.15, -0.1) is 0 Å². The quantitative estimate of drug-likeness (QED) is 0.647. The van der Waals surface area contributed by atoms with E-state index in [4.69, 9.17) is 11.6 Å². The Labute approximate surface area is 73.2 Å². The average molecular weight is 168 g/mol. The lowest BCUT2D eigenvalue weighted by Crippen LogP contribution is -1.84. The fourth-order valence-electron chi connectivity index (χ4n) is 1.00. The first kappa shape index (κ1) is 8.61. The minimum atomic E-state index is 0.884. The lowest BCUT2D eigenvalue weighted by atomic mass is 10.1. The molecular formula is C10H12Cl. The molecule has 59 valence electrons. The molecule has 1 aromatic carbocycles. The van der Waals surface area contributed by atoms with Gasteiger partial charge in [0, 0.05) is 5.02 Å². The van der Waals surface area contributed by atoms with Crippen LogP contribution in [0, 0.1) is 6.42 Å². The first-order chi connectivity index (χ1) is 5.34. The highest BCUT2D eigenvalue weighted by Crippen LogP contribution is 2.16. The molecule has 0 unspecified atom stereocenters. The summed E-state index contributed by atoms with van der Waals surface area (Å²) in [6.07, 6.45) is 4.31. The third-order valence-corrected chi connectivity index (χ3v) is 2.03. The predicted octanol–water partition coefficient (Wildman–Crippen LogP) is 3.50. The Morgan fingerprint density at radius 1 is 1.36 bits per heavy atom. The van der Waals surface area contributed by atoms with E-state index < -0.39 is 0 Å². The lowest BCUT2D eigenvalue weighted by Gasteiger charge is -2.00. The van der Waals surface area contributed by atoms with Gasteiger partial charge in [0.25, 0.3) is 0 Å². The molecule has 0 amide bonds. The summed E-state index contributed by atoms with van der Waals surface area (Å²) in [4.78, 5) is 0. The molecule has 0 saturated heterocycles. The van der Waals surface area contributed by atoms with Gasteiger partial charge >= 0.3 is 0 Å². The minimum Gasteiger partial charge on any atom is -0.0840 e. The Balaban J connectivity index is 2.62. The number of rotatable bonds is 3. The van der Waals surface area contributed by atoms with Crippen molar-refractivity contribution < 1.29 is 0 Å². The number of hydrogen-bond acceptors (Lipinski definition) is 0. The fourth-order valence-corrected chi connectivity index (χ4v) is 1.23. The molecule has 0 bridgehead atoms. The highest BCUT2D eigenvalue weighted by atomic mass is 35.5. The van der Waals surface area contributed by atoms with E-state index in [0.29, 0.717) is 0 Å². The van der Waals surface area contributed by atoms with Crippen LogP contribution in [0.1, 0.15) is 18.9 Å². The normalized spacial score (nSPS) is 10.0. The molecule has 1 aromatic rings. The number of benzene rings is 1. The van der Waals surface area contributed by atoms with Crippen LogP contribution in [0.2, 0.25) is 5.02 Å². The van der Waals surface area contributed by atoms with E-state index >= 15 is 0 Å². The monoisotopic (exact) mass is 167 g/mol. The first-order valence-corrected chi connectivity index (χ1v) is 4.23. The van der Waals surface area contributed by atoms with Crippen molar-refractivity contribution in [2.24, 2.45) is 0 Å². The van der Waals surface area contributed by atoms with Crippen LogP contribution in [-0.2, 0) is 6.42 Å². The fraction of sp³-hybridized carbons (Fsp3) is 0.300. The number of halogens is 1. The Kier molecular flexibility index (Phi) is 3.44. The van der Waals surface area contributed by atoms with Gasteiger partial charge in [0.15, 0.2) is 0 Å². The summed E-state index contributed by atoms with van der Waals surface area (Å²) in [7, 11) is 0. The Morgan fingerprint density at radius 2 is 2.09 bits per heavy atom. The van der Waals surface area contributed by atoms with E-state index in [1.807, 2.05) is 18.2 Å². The molecule has 0 heterocycles. The molecule has 0 N–H and O–H groups in total. The van der Waals surface area contributed by atoms with Gasteiger partial charge in [0.1, 0.15) is 0 Å². The summed E-state index contributed by atoms with van der Waals surface area (Å²) in [5.74, 6) is 0. The van der Waals surface area contributed by atoms with E-state index in [2.05, 4.69) is 19.4 Å². The maximum atomic E-state index is 5.95. The molecule has 0 spiro atoms. The Bertz CT molecular complexity index is 218. The van der Waals surface area contributed by atoms with Crippen molar-refractivity contribution in [3.8, 4) is 0 Å². The van der Waals surface area contributed by atoms with Crippen LogP contribution >= 0.6 is 11.6 Å². The predicted molar refractivity (Wildman–Crippen MR) is 49.7 cm³/mol. The van der Waals surface area contributed by atoms with Crippen LogP contribution in [0.3, 0.4) is 0 Å². The molecule has 0 aliphatic rings. The van der Waals surface area contributed by atoms with Crippen LogP contribution in [0.15, 0.2) is 24.3 Å². The molecule has 0 nitrogen and oxygen atoms in total. The summed E-state index contributed by atoms with van der Waals surface area (Å²) in [5.41, 5.74) is 1.24. The summed E-state index contributed by atoms with van der Waals surface area (Å²) >= 11 is 5.95. The van der Waals surface area contributed by atoms with Crippen LogP contribution in [0.4, 0.5) is 0 Å². The highest BCUT2D eigenvalue weighted by Gasteiger charge is 1.96. The second kappa shape index (κ2) is 4.40. The van der Waals surface area contributed by atoms with Gasteiger partial charge in [-0.2, -0.15) is 0 Å². The third-order valence-electron chi connectivity index (χ3n) is 1.66. The smallest absolute Gasteiger partial charge is 0.0437 e. The van der Waals surface area contributed by atoms with Gasteiger partial charge in [-0.1, -0.05) is 36.7 Å². The van der Waals surface area contributed by atoms with Gasteiger partial charge in [-0.25, -0.2) is 0 Å². The van der Waals surface area contributed by atoms with Gasteiger partial charge in [0.2, 0.25) is 0 Å². The second-order valence-corrected chi connectivity index (χ2v) is 2.95. The van der Waals surface area contributed by atoms with Crippen molar-refractivity contribution in [1.82, 2.24) is 0 Å². The molecule has 1 rings (SSSR count). The maximum Gasteiger partial charge on any atom is 0.0437 e. The topological polar surface area (TPSA) is 0 Å². The van der Waals surface area contributed by atoms with Gasteiger partial charge in [-0.05, 0) is 30.9 Å². The zero-order valence-corrected chi connectivity index (χ0v) is 7.43. The van der Waals surface area contributed by atoms with Gasteiger partial charge in [0.05, 0.1) is 0 Å². The van der Waals surface area contributed by atoms with E-state index in [1.165, 1.54) is 5.56 Å². The molecule has 0 aromatic heterocycles. The van der Waals surface area contributed by atoms with Crippen molar-refractivity contribution in [3.63, 3.8) is 0 Å². The minimum absolute atomic E-state index is 0.884. The van der Waals surface area contributed by atoms with Gasteiger partial charge < -0.3 is 0 Å². The zero-order chi connectivity index (χ0) is 8.10. The molecule has 0 fully saturated rings. The van der Waals surface area contributed by atoms with Crippen LogP contribution in [-0.4, -0.2) is 0 Å². The van der Waals surface area contributed by atoms with Crippen LogP contribution in [0.25, 0.3) is 0 Å². The van der Waals surface area contributed by atoms with Crippen molar-refractivity contribution in [1.29, 1.82) is 0 Å². The molecule has 0 aliphatic heterocycles. The largest absolute Gasteiger partial charge is 0.0840 e. The lowest BCUT2D eigenvalue weighted by molar-refractivity contribution is 0.937. The van der Waals surface area contributed by atoms with E-state index in [1.54, 1.807) is 0 Å². The van der Waals surface area contributed by atoms with Gasteiger partial charge in [-0.3, -0.25) is 0 Å². The van der Waals surface area contributed by atoms with E-state index in [9.17, 15) is 0 Å². The van der Waals surface area contributed by atoms with Crippen molar-refractivity contribution in [2.75, 3.05) is 0 Å². The van der Waals surface area contributed by atoms with Crippen LogP contribution in [0.5, 0.6) is 0 Å². The third kappa shape index (κ3) is 2.55. The summed E-state index contributed by atoms with van der Waals surface area (Å²) in [6.45, 7) is 2.07. The molecular weight excluding hydrogens is 156 g/mol. The van der Waals surface area contributed by atoms with Crippen molar-refractivity contribution >= 4 is 11.6 Å². The van der Waals surface area contributed by atoms with Crippen LogP contribution < -0.4 is 0 Å². The number of unbranched alkanes of at least 4 members (excludes halogenated alkanes) is 1. The SMILES string of the molecule is C[CH]CCc1ccccc1Cl. The summed E-state index contributed by atoms with van der Waals surface area (Å²) < 4.78 is 0. The summed E-state index contributed by atoms with van der Waals surface area (Å²) in [6, 6.07) is 8.00. The molecule has 1 heteroatoms. The molecule has 1 radical (unpaired) electrons. The maximum absolute atomic E-state index is 5.95. The van der Waals surface area contributed by atoms with E-state index in [0.717, 1.165) is 17.9 Å². The Hall–Kier alpha value is -0.490. The van der Waals surface area contributed by atoms with Crippen molar-refractivity contribution in [3.05, 3.63) is 41.3 Å². The molecule has 11 heavy (non-hydrogen) atoms. The number of hydrogen-bond donors (Lipinski definition) is 0.